The zero-order valence-electron chi connectivity index (χ0n) is 12.2. The predicted octanol–water partition coefficient (Wildman–Crippen LogP) is 1.15. The van der Waals surface area contributed by atoms with E-state index in [2.05, 4.69) is 20.6 Å². The van der Waals surface area contributed by atoms with Crippen molar-refractivity contribution in [2.45, 2.75) is 52.2 Å². The van der Waals surface area contributed by atoms with Crippen molar-refractivity contribution >= 4 is 5.91 Å². The van der Waals surface area contributed by atoms with E-state index in [-0.39, 0.29) is 5.91 Å². The third-order valence-corrected chi connectivity index (χ3v) is 3.78. The van der Waals surface area contributed by atoms with Gasteiger partial charge in [-0.2, -0.15) is 5.10 Å². The molecule has 7 heteroatoms. The van der Waals surface area contributed by atoms with Gasteiger partial charge in [-0.05, 0) is 19.8 Å². The van der Waals surface area contributed by atoms with Gasteiger partial charge in [0.15, 0.2) is 0 Å². The Balaban J connectivity index is 1.66. The molecule has 1 aliphatic heterocycles. The van der Waals surface area contributed by atoms with Crippen LogP contribution in [-0.4, -0.2) is 30.5 Å². The van der Waals surface area contributed by atoms with Crippen LogP contribution in [0.5, 0.6) is 0 Å². The van der Waals surface area contributed by atoms with E-state index in [1.54, 1.807) is 6.20 Å². The molecule has 2 aromatic heterocycles. The number of carbonyl (C=O) groups is 1. The van der Waals surface area contributed by atoms with Crippen molar-refractivity contribution in [3.05, 3.63) is 29.6 Å². The molecule has 2 aromatic rings. The van der Waals surface area contributed by atoms with Gasteiger partial charge in [-0.1, -0.05) is 6.42 Å². The highest BCUT2D eigenvalue weighted by Gasteiger charge is 2.19. The number of carbonyl (C=O) groups excluding carboxylic acids is 1. The first-order valence-electron chi connectivity index (χ1n) is 7.49. The van der Waals surface area contributed by atoms with Gasteiger partial charge in [0.25, 0.3) is 5.91 Å². The Kier molecular flexibility index (Phi) is 3.98. The van der Waals surface area contributed by atoms with Crippen molar-refractivity contribution in [3.8, 4) is 0 Å². The van der Waals surface area contributed by atoms with Crippen LogP contribution in [0.15, 0.2) is 12.4 Å². The number of nitrogens with one attached hydrogen (secondary N) is 1. The molecule has 3 rings (SSSR count). The van der Waals surface area contributed by atoms with Crippen LogP contribution in [0.4, 0.5) is 0 Å². The van der Waals surface area contributed by atoms with E-state index in [1.807, 2.05) is 22.4 Å². The Bertz CT molecular complexity index is 629. The lowest BCUT2D eigenvalue weighted by Crippen LogP contribution is -2.26. The van der Waals surface area contributed by atoms with Gasteiger partial charge in [-0.15, -0.1) is 10.2 Å². The van der Waals surface area contributed by atoms with Crippen molar-refractivity contribution in [1.82, 2.24) is 29.9 Å². The fourth-order valence-corrected chi connectivity index (χ4v) is 2.59. The largest absolute Gasteiger partial charge is 0.345 e. The fourth-order valence-electron chi connectivity index (χ4n) is 2.59. The van der Waals surface area contributed by atoms with Gasteiger partial charge in [0.05, 0.1) is 6.20 Å². The molecule has 112 valence electrons. The minimum Gasteiger partial charge on any atom is -0.345 e. The molecule has 1 amide bonds. The van der Waals surface area contributed by atoms with Crippen LogP contribution in [0.1, 0.15) is 48.2 Å². The Labute approximate surface area is 123 Å². The number of amides is 1. The molecule has 7 nitrogen and oxygen atoms in total. The van der Waals surface area contributed by atoms with Crippen LogP contribution >= 0.6 is 0 Å². The highest BCUT2D eigenvalue weighted by molar-refractivity contribution is 5.90. The van der Waals surface area contributed by atoms with Crippen molar-refractivity contribution in [2.24, 2.45) is 0 Å². The standard InChI is InChI=1S/C14H20N6O/c1-2-19-10-11(9-16-19)8-15-14(21)13-18-17-12-6-4-3-5-7-20(12)13/h9-10H,2-8H2,1H3,(H,15,21). The summed E-state index contributed by atoms with van der Waals surface area (Å²) in [5.41, 5.74) is 0.987. The summed E-state index contributed by atoms with van der Waals surface area (Å²) < 4.78 is 3.79. The minimum absolute atomic E-state index is 0.167. The maximum Gasteiger partial charge on any atom is 0.289 e. The Morgan fingerprint density at radius 2 is 2.24 bits per heavy atom. The first-order chi connectivity index (χ1) is 10.3. The van der Waals surface area contributed by atoms with Gasteiger partial charge in [0.2, 0.25) is 5.82 Å². The summed E-state index contributed by atoms with van der Waals surface area (Å²) in [5, 5.41) is 15.3. The maximum absolute atomic E-state index is 12.3. The number of fused-ring (bicyclic) bond motifs is 1. The van der Waals surface area contributed by atoms with Gasteiger partial charge in [-0.25, -0.2) is 0 Å². The van der Waals surface area contributed by atoms with Gasteiger partial charge in [0.1, 0.15) is 5.82 Å². The zero-order chi connectivity index (χ0) is 14.7. The minimum atomic E-state index is -0.167. The molecule has 21 heavy (non-hydrogen) atoms. The molecule has 0 atom stereocenters. The molecular weight excluding hydrogens is 268 g/mol. The summed E-state index contributed by atoms with van der Waals surface area (Å²) >= 11 is 0. The normalized spacial score (nSPS) is 14.5. The molecule has 0 bridgehead atoms. The lowest BCUT2D eigenvalue weighted by molar-refractivity contribution is 0.0935. The number of hydrogen-bond acceptors (Lipinski definition) is 4. The fraction of sp³-hybridized carbons (Fsp3) is 0.571. The maximum atomic E-state index is 12.3. The van der Waals surface area contributed by atoms with Crippen molar-refractivity contribution in [2.75, 3.05) is 0 Å². The summed E-state index contributed by atoms with van der Waals surface area (Å²) in [7, 11) is 0. The molecule has 0 saturated heterocycles. The van der Waals surface area contributed by atoms with Gasteiger partial charge >= 0.3 is 0 Å². The second-order valence-corrected chi connectivity index (χ2v) is 5.29. The molecule has 0 unspecified atom stereocenters. The highest BCUT2D eigenvalue weighted by Crippen LogP contribution is 2.14. The summed E-state index contributed by atoms with van der Waals surface area (Å²) in [6.45, 7) is 4.15. The summed E-state index contributed by atoms with van der Waals surface area (Å²) in [5.74, 6) is 1.19. The number of aryl methyl sites for hydroxylation is 2. The van der Waals surface area contributed by atoms with Crippen LogP contribution in [0.25, 0.3) is 0 Å². The Morgan fingerprint density at radius 1 is 1.33 bits per heavy atom. The van der Waals surface area contributed by atoms with E-state index in [9.17, 15) is 4.79 Å². The monoisotopic (exact) mass is 288 g/mol. The van der Waals surface area contributed by atoms with Crippen LogP contribution in [0.3, 0.4) is 0 Å². The van der Waals surface area contributed by atoms with Crippen molar-refractivity contribution in [1.29, 1.82) is 0 Å². The number of rotatable bonds is 4. The molecule has 0 spiro atoms. The van der Waals surface area contributed by atoms with Gasteiger partial charge in [0, 0.05) is 37.8 Å². The Morgan fingerprint density at radius 3 is 3.05 bits per heavy atom. The average molecular weight is 288 g/mol. The molecule has 0 radical (unpaired) electrons. The first-order valence-corrected chi connectivity index (χ1v) is 7.49. The molecule has 1 aliphatic rings. The third-order valence-electron chi connectivity index (χ3n) is 3.78. The number of aromatic nitrogens is 5. The summed E-state index contributed by atoms with van der Waals surface area (Å²) in [6.07, 6.45) is 7.99. The second-order valence-electron chi connectivity index (χ2n) is 5.29. The van der Waals surface area contributed by atoms with E-state index in [4.69, 9.17) is 0 Å². The number of nitrogens with zero attached hydrogens (tertiary/aromatic N) is 5. The second kappa shape index (κ2) is 6.07. The molecular formula is C14H20N6O. The van der Waals surface area contributed by atoms with Crippen LogP contribution in [0.2, 0.25) is 0 Å². The number of hydrogen-bond donors (Lipinski definition) is 1. The molecule has 3 heterocycles. The smallest absolute Gasteiger partial charge is 0.289 e. The Hall–Kier alpha value is -2.18. The van der Waals surface area contributed by atoms with E-state index in [0.717, 1.165) is 43.7 Å². The quantitative estimate of drug-likeness (QED) is 0.915. The lowest BCUT2D eigenvalue weighted by atomic mass is 10.2. The molecule has 0 aliphatic carbocycles. The molecule has 0 saturated carbocycles. The first kappa shape index (κ1) is 13.8. The van der Waals surface area contributed by atoms with Gasteiger partial charge < -0.3 is 9.88 Å². The van der Waals surface area contributed by atoms with Crippen LogP contribution in [0, 0.1) is 0 Å². The van der Waals surface area contributed by atoms with E-state index in [1.165, 1.54) is 6.42 Å². The molecule has 1 N–H and O–H groups in total. The van der Waals surface area contributed by atoms with Crippen LogP contribution < -0.4 is 5.32 Å². The third kappa shape index (κ3) is 2.96. The van der Waals surface area contributed by atoms with E-state index < -0.39 is 0 Å². The van der Waals surface area contributed by atoms with Gasteiger partial charge in [-0.3, -0.25) is 9.48 Å². The van der Waals surface area contributed by atoms with Crippen LogP contribution in [-0.2, 0) is 26.1 Å². The molecule has 0 fully saturated rings. The predicted molar refractivity (Wildman–Crippen MR) is 76.6 cm³/mol. The lowest BCUT2D eigenvalue weighted by Gasteiger charge is -2.07. The van der Waals surface area contributed by atoms with Crippen molar-refractivity contribution in [3.63, 3.8) is 0 Å². The summed E-state index contributed by atoms with van der Waals surface area (Å²) in [4.78, 5) is 12.3. The van der Waals surface area contributed by atoms with E-state index in [0.29, 0.717) is 12.4 Å². The molecule has 0 aromatic carbocycles. The average Bonchev–Trinajstić information content (AvgIpc) is 3.06. The SMILES string of the molecule is CCn1cc(CNC(=O)c2nnc3n2CCCCC3)cn1. The highest BCUT2D eigenvalue weighted by atomic mass is 16.2. The zero-order valence-corrected chi connectivity index (χ0v) is 12.2. The van der Waals surface area contributed by atoms with E-state index >= 15 is 0 Å². The van der Waals surface area contributed by atoms with Crippen molar-refractivity contribution < 1.29 is 4.79 Å². The topological polar surface area (TPSA) is 77.6 Å². The summed E-state index contributed by atoms with van der Waals surface area (Å²) in [6, 6.07) is 0.